The molecule has 7 heteroatoms. The second-order valence-electron chi connectivity index (χ2n) is 23.9. The van der Waals surface area contributed by atoms with Gasteiger partial charge in [-0.1, -0.05) is 186 Å². The molecule has 6 aromatic heterocycles. The van der Waals surface area contributed by atoms with Crippen molar-refractivity contribution in [2.45, 2.75) is 41.5 Å². The molecule has 0 saturated heterocycles. The third kappa shape index (κ3) is 7.73. The minimum absolute atomic E-state index is 0.620. The van der Waals surface area contributed by atoms with Crippen molar-refractivity contribution in [2.24, 2.45) is 0 Å². The van der Waals surface area contributed by atoms with Crippen molar-refractivity contribution in [1.29, 1.82) is 0 Å². The van der Waals surface area contributed by atoms with Crippen molar-refractivity contribution in [1.82, 2.24) is 33.2 Å². The Labute approximate surface area is 509 Å². The molecule has 0 N–H and O–H groups in total. The molecule has 0 aliphatic rings. The summed E-state index contributed by atoms with van der Waals surface area (Å²) in [5.74, 6) is 0.620. The summed E-state index contributed by atoms with van der Waals surface area (Å²) in [6, 6.07) is 91.7. The zero-order valence-corrected chi connectivity index (χ0v) is 49.8. The van der Waals surface area contributed by atoms with Crippen LogP contribution in [0.2, 0.25) is 0 Å². The highest BCUT2D eigenvalue weighted by molar-refractivity contribution is 6.19. The molecular formula is C81H59N7. The van der Waals surface area contributed by atoms with Gasteiger partial charge in [-0.05, 0) is 126 Å². The Morgan fingerprint density at radius 2 is 0.602 bits per heavy atom. The summed E-state index contributed by atoms with van der Waals surface area (Å²) in [5.41, 5.74) is 25.5. The van der Waals surface area contributed by atoms with Crippen molar-refractivity contribution in [3.8, 4) is 67.8 Å². The predicted octanol–water partition coefficient (Wildman–Crippen LogP) is 20.8. The van der Waals surface area contributed by atoms with Gasteiger partial charge < -0.3 is 18.3 Å². The summed E-state index contributed by atoms with van der Waals surface area (Å²) >= 11 is 0. The van der Waals surface area contributed by atoms with Gasteiger partial charge in [-0.15, -0.1) is 0 Å². The molecule has 0 aliphatic heterocycles. The molecule has 0 atom stereocenters. The fraction of sp³-hybridized carbons (Fsp3) is 0.0741. The molecule has 0 amide bonds. The van der Waals surface area contributed by atoms with E-state index in [1.54, 1.807) is 0 Å². The molecule has 418 valence electrons. The van der Waals surface area contributed by atoms with E-state index in [9.17, 15) is 0 Å². The lowest BCUT2D eigenvalue weighted by atomic mass is 9.90. The van der Waals surface area contributed by atoms with Crippen LogP contribution >= 0.6 is 0 Å². The highest BCUT2D eigenvalue weighted by Gasteiger charge is 2.37. The molecule has 7 nitrogen and oxygen atoms in total. The number of aromatic nitrogens is 7. The van der Waals surface area contributed by atoms with Crippen LogP contribution in [0.1, 0.15) is 33.6 Å². The first kappa shape index (κ1) is 51.3. The number of fused-ring (bicyclic) bond motifs is 12. The maximum Gasteiger partial charge on any atom is 0.160 e. The topological polar surface area (TPSA) is 58.4 Å². The van der Waals surface area contributed by atoms with Gasteiger partial charge in [0.05, 0.1) is 83.8 Å². The van der Waals surface area contributed by atoms with Crippen LogP contribution in [0.25, 0.3) is 155 Å². The molecule has 17 aromatic rings. The highest BCUT2D eigenvalue weighted by Crippen LogP contribution is 2.55. The average Bonchev–Trinajstić information content (AvgIpc) is 1.40. The van der Waals surface area contributed by atoms with E-state index in [-0.39, 0.29) is 0 Å². The second kappa shape index (κ2) is 19.7. The van der Waals surface area contributed by atoms with E-state index < -0.39 is 0 Å². The molecule has 0 radical (unpaired) electrons. The van der Waals surface area contributed by atoms with E-state index in [1.807, 2.05) is 0 Å². The molecular weight excluding hydrogens is 1070 g/mol. The Morgan fingerprint density at radius 1 is 0.250 bits per heavy atom. The Hall–Kier alpha value is -11.2. The van der Waals surface area contributed by atoms with E-state index in [0.717, 1.165) is 150 Å². The Balaban J connectivity index is 1.27. The Bertz CT molecular complexity index is 5700. The average molecular weight is 1130 g/mol. The van der Waals surface area contributed by atoms with E-state index in [2.05, 4.69) is 309 Å². The monoisotopic (exact) mass is 1130 g/mol. The van der Waals surface area contributed by atoms with Crippen molar-refractivity contribution in [3.05, 3.63) is 282 Å². The smallest absolute Gasteiger partial charge is 0.160 e. The lowest BCUT2D eigenvalue weighted by molar-refractivity contribution is 1.03. The van der Waals surface area contributed by atoms with Gasteiger partial charge in [0.25, 0.3) is 0 Å². The van der Waals surface area contributed by atoms with Gasteiger partial charge in [-0.2, -0.15) is 0 Å². The third-order valence-electron chi connectivity index (χ3n) is 18.2. The molecule has 0 saturated carbocycles. The normalized spacial score (nSPS) is 12.0. The molecule has 0 unspecified atom stereocenters. The maximum absolute atomic E-state index is 6.05. The third-order valence-corrected chi connectivity index (χ3v) is 18.2. The lowest BCUT2D eigenvalue weighted by Gasteiger charge is -2.31. The van der Waals surface area contributed by atoms with Crippen LogP contribution in [-0.2, 0) is 0 Å². The fourth-order valence-electron chi connectivity index (χ4n) is 14.4. The quantitative estimate of drug-likeness (QED) is 0.152. The molecule has 0 aliphatic carbocycles. The predicted molar refractivity (Wildman–Crippen MR) is 367 cm³/mol. The molecule has 6 heterocycles. The number of pyridine rings is 1. The van der Waals surface area contributed by atoms with Crippen molar-refractivity contribution >= 4 is 87.2 Å². The van der Waals surface area contributed by atoms with Gasteiger partial charge in [0.2, 0.25) is 0 Å². The number of aryl methyl sites for hydroxylation is 6. The highest BCUT2D eigenvalue weighted by atomic mass is 15.1. The SMILES string of the molecule is Cc1ccc2c(c1)c1ccccc1n2-c1c(-c2cc(-c3ccccc3)nc(-c3ccccc3)n2)c(-n2c3ccccc3c3cc(C)ccc32)c(-n2c3ccccc3c3cc(C)ccc32)c(-n2c3ccccc3c3cc(C)ccc32)c1-c1ccc(C)nc1C. The molecule has 0 bridgehead atoms. The van der Waals surface area contributed by atoms with Crippen LogP contribution in [0.3, 0.4) is 0 Å². The summed E-state index contributed by atoms with van der Waals surface area (Å²) < 4.78 is 10.4. The van der Waals surface area contributed by atoms with E-state index >= 15 is 0 Å². The fourth-order valence-corrected chi connectivity index (χ4v) is 14.4. The van der Waals surface area contributed by atoms with E-state index in [4.69, 9.17) is 15.0 Å². The summed E-state index contributed by atoms with van der Waals surface area (Å²) in [4.78, 5) is 17.1. The summed E-state index contributed by atoms with van der Waals surface area (Å²) in [6.07, 6.45) is 0. The molecule has 11 aromatic carbocycles. The van der Waals surface area contributed by atoms with E-state index in [0.29, 0.717) is 5.82 Å². The Morgan fingerprint density at radius 3 is 1.03 bits per heavy atom. The van der Waals surface area contributed by atoms with Gasteiger partial charge in [0, 0.05) is 76.7 Å². The van der Waals surface area contributed by atoms with Crippen molar-refractivity contribution in [2.75, 3.05) is 0 Å². The van der Waals surface area contributed by atoms with Crippen LogP contribution in [0.4, 0.5) is 0 Å². The molecule has 17 rings (SSSR count). The number of para-hydroxylation sites is 4. The molecule has 88 heavy (non-hydrogen) atoms. The lowest BCUT2D eigenvalue weighted by Crippen LogP contribution is -2.17. The van der Waals surface area contributed by atoms with Crippen molar-refractivity contribution < 1.29 is 0 Å². The zero-order valence-electron chi connectivity index (χ0n) is 49.8. The van der Waals surface area contributed by atoms with Crippen LogP contribution in [-0.4, -0.2) is 33.2 Å². The summed E-state index contributed by atoms with van der Waals surface area (Å²) in [6.45, 7) is 13.1. The minimum Gasteiger partial charge on any atom is -0.308 e. The van der Waals surface area contributed by atoms with Gasteiger partial charge in [0.15, 0.2) is 5.82 Å². The zero-order chi connectivity index (χ0) is 59.1. The first-order valence-corrected chi connectivity index (χ1v) is 30.3. The second-order valence-corrected chi connectivity index (χ2v) is 23.9. The van der Waals surface area contributed by atoms with Crippen LogP contribution in [0.15, 0.2) is 249 Å². The van der Waals surface area contributed by atoms with Gasteiger partial charge in [-0.25, -0.2) is 9.97 Å². The van der Waals surface area contributed by atoms with E-state index in [1.165, 1.54) is 33.0 Å². The largest absolute Gasteiger partial charge is 0.308 e. The standard InChI is InChI=1S/C81H59N7/c1-48-33-39-71-61(43-48)57-25-13-17-29-67(57)85(71)77-75(56-38-37-52(5)82-53(56)6)78(86-68-30-18-14-26-58(68)62-44-49(2)34-40-72(62)86)80(88-70-32-20-16-28-60(70)64-46-51(4)36-42-74(64)88)79(87-69-31-19-15-27-59(69)63-45-50(3)35-41-73(63)87)76(77)66-47-65(54-21-9-7-10-22-54)83-81(84-66)55-23-11-8-12-24-55/h7-47H,1-6H3. The van der Waals surface area contributed by atoms with Crippen LogP contribution in [0, 0.1) is 41.5 Å². The number of rotatable bonds is 8. The van der Waals surface area contributed by atoms with Crippen LogP contribution < -0.4 is 0 Å². The van der Waals surface area contributed by atoms with Crippen molar-refractivity contribution in [3.63, 3.8) is 0 Å². The number of hydrogen-bond donors (Lipinski definition) is 0. The first-order valence-electron chi connectivity index (χ1n) is 30.3. The first-order chi connectivity index (χ1) is 43.1. The van der Waals surface area contributed by atoms with Gasteiger partial charge in [0.1, 0.15) is 0 Å². The number of hydrogen-bond acceptors (Lipinski definition) is 3. The van der Waals surface area contributed by atoms with Gasteiger partial charge in [-0.3, -0.25) is 4.98 Å². The number of nitrogens with zero attached hydrogens (tertiary/aromatic N) is 7. The van der Waals surface area contributed by atoms with Crippen LogP contribution in [0.5, 0.6) is 0 Å². The summed E-state index contributed by atoms with van der Waals surface area (Å²) in [7, 11) is 0. The molecule has 0 fully saturated rings. The van der Waals surface area contributed by atoms with Gasteiger partial charge >= 0.3 is 0 Å². The molecule has 0 spiro atoms. The maximum atomic E-state index is 6.05. The minimum atomic E-state index is 0.620. The summed E-state index contributed by atoms with van der Waals surface area (Å²) in [5, 5.41) is 9.29. The number of benzene rings is 11. The Kier molecular flexibility index (Phi) is 11.5.